The molecule has 2 fully saturated rings. The van der Waals surface area contributed by atoms with E-state index >= 15 is 0 Å². The minimum absolute atomic E-state index is 0.0989. The number of carbonyl (C=O) groups excluding carboxylic acids is 1. The molecule has 0 N–H and O–H groups in total. The van der Waals surface area contributed by atoms with E-state index in [0.717, 1.165) is 45.2 Å². The van der Waals surface area contributed by atoms with Gasteiger partial charge in [0.05, 0.1) is 22.0 Å². The second-order valence-electron chi connectivity index (χ2n) is 6.47. The number of anilines is 1. The summed E-state index contributed by atoms with van der Waals surface area (Å²) in [6.45, 7) is 1.93. The first-order chi connectivity index (χ1) is 11.5. The predicted octanol–water partition coefficient (Wildman–Crippen LogP) is 3.29. The van der Waals surface area contributed by atoms with Crippen LogP contribution in [0.3, 0.4) is 0 Å². The number of benzene rings is 1. The molecule has 0 saturated carbocycles. The Morgan fingerprint density at radius 3 is 2.29 bits per heavy atom. The molecule has 1 amide bonds. The largest absolute Gasteiger partial charge is 0.339 e. The topological polar surface area (TPSA) is 57.7 Å². The van der Waals surface area contributed by atoms with Crippen LogP contribution in [0.25, 0.3) is 0 Å². The Bertz CT molecular complexity index is 713. The summed E-state index contributed by atoms with van der Waals surface area (Å²) < 4.78 is 26.0. The summed E-state index contributed by atoms with van der Waals surface area (Å²) in [6.07, 6.45) is 5.81. The van der Waals surface area contributed by atoms with E-state index in [1.165, 1.54) is 4.31 Å². The predicted molar refractivity (Wildman–Crippen MR) is 96.2 cm³/mol. The van der Waals surface area contributed by atoms with E-state index in [0.29, 0.717) is 29.2 Å². The second kappa shape index (κ2) is 7.31. The van der Waals surface area contributed by atoms with Gasteiger partial charge < -0.3 is 4.90 Å². The lowest BCUT2D eigenvalue weighted by molar-refractivity contribution is 0.0762. The maximum absolute atomic E-state index is 12.8. The highest BCUT2D eigenvalue weighted by Gasteiger charge is 2.28. The molecule has 0 aromatic heterocycles. The number of sulfonamides is 1. The van der Waals surface area contributed by atoms with Crippen molar-refractivity contribution in [3.05, 3.63) is 28.8 Å². The van der Waals surface area contributed by atoms with Crippen molar-refractivity contribution < 1.29 is 13.2 Å². The molecule has 1 aromatic carbocycles. The number of likely N-dealkylation sites (tertiary alicyclic amines) is 1. The van der Waals surface area contributed by atoms with Crippen molar-refractivity contribution in [3.8, 4) is 0 Å². The Hall–Kier alpha value is -1.27. The van der Waals surface area contributed by atoms with Gasteiger partial charge in [0.15, 0.2) is 0 Å². The first-order valence-corrected chi connectivity index (χ1v) is 10.6. The van der Waals surface area contributed by atoms with Gasteiger partial charge in [0.2, 0.25) is 10.0 Å². The summed E-state index contributed by atoms with van der Waals surface area (Å²) in [5.41, 5.74) is 0.939. The fourth-order valence-electron chi connectivity index (χ4n) is 3.36. The summed E-state index contributed by atoms with van der Waals surface area (Å²) in [7, 11) is -3.30. The van der Waals surface area contributed by atoms with Gasteiger partial charge in [0.1, 0.15) is 0 Å². The number of hydrogen-bond donors (Lipinski definition) is 0. The molecule has 2 aliphatic rings. The minimum Gasteiger partial charge on any atom is -0.339 e. The molecule has 0 bridgehead atoms. The summed E-state index contributed by atoms with van der Waals surface area (Å²) in [4.78, 5) is 14.7. The van der Waals surface area contributed by atoms with E-state index < -0.39 is 10.0 Å². The van der Waals surface area contributed by atoms with E-state index in [-0.39, 0.29) is 11.7 Å². The zero-order chi connectivity index (χ0) is 17.2. The van der Waals surface area contributed by atoms with Crippen LogP contribution >= 0.6 is 11.6 Å². The third-order valence-corrected chi connectivity index (χ3v) is 6.91. The Morgan fingerprint density at radius 2 is 1.62 bits per heavy atom. The number of carbonyl (C=O) groups is 1. The van der Waals surface area contributed by atoms with E-state index in [9.17, 15) is 13.2 Å². The van der Waals surface area contributed by atoms with E-state index in [4.69, 9.17) is 11.6 Å². The second-order valence-corrected chi connectivity index (χ2v) is 8.89. The van der Waals surface area contributed by atoms with Gasteiger partial charge in [-0.25, -0.2) is 8.42 Å². The summed E-state index contributed by atoms with van der Waals surface area (Å²) >= 11 is 6.25. The van der Waals surface area contributed by atoms with Crippen LogP contribution in [0.4, 0.5) is 5.69 Å². The molecule has 7 heteroatoms. The van der Waals surface area contributed by atoms with Gasteiger partial charge >= 0.3 is 0 Å². The number of rotatable bonds is 2. The molecule has 0 atom stereocenters. The van der Waals surface area contributed by atoms with Crippen LogP contribution in [0.5, 0.6) is 0 Å². The summed E-state index contributed by atoms with van der Waals surface area (Å²) in [5.74, 6) is 0.0588. The molecule has 0 radical (unpaired) electrons. The van der Waals surface area contributed by atoms with E-state index in [1.807, 2.05) is 4.90 Å². The van der Waals surface area contributed by atoms with Gasteiger partial charge in [-0.2, -0.15) is 0 Å². The van der Waals surface area contributed by atoms with Crippen molar-refractivity contribution >= 4 is 33.2 Å². The molecule has 0 spiro atoms. The first kappa shape index (κ1) is 17.5. The van der Waals surface area contributed by atoms with Crippen LogP contribution in [-0.2, 0) is 10.0 Å². The standard InChI is InChI=1S/C17H23ClN2O3S/c18-16-8-7-14(20-11-5-6-12-24(20,22)23)13-15(16)17(21)19-9-3-1-2-4-10-19/h7-8,13H,1-6,9-12H2. The summed E-state index contributed by atoms with van der Waals surface area (Å²) in [6, 6.07) is 4.95. The Labute approximate surface area is 148 Å². The maximum atomic E-state index is 12.8. The van der Waals surface area contributed by atoms with Crippen molar-refractivity contribution in [2.75, 3.05) is 29.7 Å². The molecule has 0 unspecified atom stereocenters. The highest BCUT2D eigenvalue weighted by atomic mass is 35.5. The molecule has 2 saturated heterocycles. The van der Waals surface area contributed by atoms with Crippen LogP contribution < -0.4 is 4.31 Å². The van der Waals surface area contributed by atoms with E-state index in [1.54, 1.807) is 18.2 Å². The molecule has 0 aliphatic carbocycles. The molecular formula is C17H23ClN2O3S. The Balaban J connectivity index is 1.89. The fraction of sp³-hybridized carbons (Fsp3) is 0.588. The highest BCUT2D eigenvalue weighted by molar-refractivity contribution is 7.92. The SMILES string of the molecule is O=C(c1cc(N2CCCCS2(=O)=O)ccc1Cl)N1CCCCCC1. The van der Waals surface area contributed by atoms with Crippen LogP contribution in [0, 0.1) is 0 Å². The normalized spacial score (nSPS) is 21.4. The molecular weight excluding hydrogens is 348 g/mol. The van der Waals surface area contributed by atoms with Crippen molar-refractivity contribution in [1.29, 1.82) is 0 Å². The first-order valence-electron chi connectivity index (χ1n) is 8.58. The van der Waals surface area contributed by atoms with Gasteiger partial charge in [0.25, 0.3) is 5.91 Å². The van der Waals surface area contributed by atoms with Crippen molar-refractivity contribution in [2.45, 2.75) is 38.5 Å². The van der Waals surface area contributed by atoms with Gasteiger partial charge in [-0.15, -0.1) is 0 Å². The zero-order valence-electron chi connectivity index (χ0n) is 13.7. The van der Waals surface area contributed by atoms with Crippen molar-refractivity contribution in [2.24, 2.45) is 0 Å². The molecule has 2 heterocycles. The third-order valence-electron chi connectivity index (χ3n) is 4.71. The van der Waals surface area contributed by atoms with Crippen LogP contribution in [0.2, 0.25) is 5.02 Å². The number of nitrogens with zero attached hydrogens (tertiary/aromatic N) is 2. The monoisotopic (exact) mass is 370 g/mol. The van der Waals surface area contributed by atoms with Crippen LogP contribution in [0.15, 0.2) is 18.2 Å². The highest BCUT2D eigenvalue weighted by Crippen LogP contribution is 2.29. The van der Waals surface area contributed by atoms with Gasteiger partial charge in [-0.3, -0.25) is 9.10 Å². The van der Waals surface area contributed by atoms with Crippen LogP contribution in [0.1, 0.15) is 48.9 Å². The Kier molecular flexibility index (Phi) is 5.35. The summed E-state index contributed by atoms with van der Waals surface area (Å²) in [5, 5.41) is 0.377. The van der Waals surface area contributed by atoms with Crippen molar-refractivity contribution in [1.82, 2.24) is 4.90 Å². The van der Waals surface area contributed by atoms with Crippen molar-refractivity contribution in [3.63, 3.8) is 0 Å². The lowest BCUT2D eigenvalue weighted by atomic mass is 10.1. The lowest BCUT2D eigenvalue weighted by Gasteiger charge is -2.29. The Morgan fingerprint density at radius 1 is 0.958 bits per heavy atom. The molecule has 1 aromatic rings. The van der Waals surface area contributed by atoms with Gasteiger partial charge in [0, 0.05) is 19.6 Å². The smallest absolute Gasteiger partial charge is 0.255 e. The third kappa shape index (κ3) is 3.70. The fourth-order valence-corrected chi connectivity index (χ4v) is 5.18. The molecule has 132 valence electrons. The minimum atomic E-state index is -3.30. The van der Waals surface area contributed by atoms with Crippen LogP contribution in [-0.4, -0.2) is 44.6 Å². The van der Waals surface area contributed by atoms with Gasteiger partial charge in [-0.05, 0) is 43.9 Å². The number of hydrogen-bond acceptors (Lipinski definition) is 3. The van der Waals surface area contributed by atoms with Gasteiger partial charge in [-0.1, -0.05) is 24.4 Å². The molecule has 5 nitrogen and oxygen atoms in total. The number of halogens is 1. The number of amides is 1. The molecule has 3 rings (SSSR count). The zero-order valence-corrected chi connectivity index (χ0v) is 15.3. The molecule has 24 heavy (non-hydrogen) atoms. The van der Waals surface area contributed by atoms with E-state index in [2.05, 4.69) is 0 Å². The molecule has 2 aliphatic heterocycles. The maximum Gasteiger partial charge on any atom is 0.255 e. The quantitative estimate of drug-likeness (QED) is 0.802. The lowest BCUT2D eigenvalue weighted by Crippen LogP contribution is -2.38. The average Bonchev–Trinajstić information content (AvgIpc) is 2.84. The average molecular weight is 371 g/mol.